The molecule has 1 nitrogen and oxygen atoms in total. The second kappa shape index (κ2) is 5.13. The molecule has 0 N–H and O–H groups in total. The Kier molecular flexibility index (Phi) is 4.06. The molecule has 0 bridgehead atoms. The highest BCUT2D eigenvalue weighted by molar-refractivity contribution is 5.72. The van der Waals surface area contributed by atoms with E-state index in [0.717, 1.165) is 0 Å². The molecule has 0 aliphatic carbocycles. The zero-order valence-corrected chi connectivity index (χ0v) is 8.21. The molecule has 1 aliphatic rings. The van der Waals surface area contributed by atoms with Gasteiger partial charge in [-0.25, -0.2) is 0 Å². The molecule has 1 heterocycles. The van der Waals surface area contributed by atoms with Gasteiger partial charge in [-0.3, -0.25) is 4.99 Å². The Morgan fingerprint density at radius 2 is 2.33 bits per heavy atom. The first-order chi connectivity index (χ1) is 5.83. The highest BCUT2D eigenvalue weighted by Gasteiger charge is 2.03. The number of rotatable bonds is 1. The maximum absolute atomic E-state index is 4.51. The summed E-state index contributed by atoms with van der Waals surface area (Å²) in [5.74, 6) is 0. The Bertz CT molecular complexity index is 179. The van der Waals surface area contributed by atoms with Crippen LogP contribution in [0.2, 0.25) is 0 Å². The van der Waals surface area contributed by atoms with Gasteiger partial charge in [-0.05, 0) is 38.7 Å². The highest BCUT2D eigenvalue weighted by atomic mass is 14.8. The third kappa shape index (κ3) is 3.21. The van der Waals surface area contributed by atoms with E-state index in [-0.39, 0.29) is 0 Å². The van der Waals surface area contributed by atoms with Crippen molar-refractivity contribution in [2.45, 2.75) is 52.0 Å². The van der Waals surface area contributed by atoms with Gasteiger partial charge < -0.3 is 0 Å². The minimum absolute atomic E-state index is 0.576. The Morgan fingerprint density at radius 1 is 1.50 bits per heavy atom. The SMILES string of the molecule is CCC1CCCC/C(C)=C/C=N1. The molecule has 68 valence electrons. The molecule has 0 aromatic rings. The topological polar surface area (TPSA) is 12.4 Å². The highest BCUT2D eigenvalue weighted by Crippen LogP contribution is 2.14. The fourth-order valence-electron chi connectivity index (χ4n) is 1.54. The van der Waals surface area contributed by atoms with E-state index in [1.54, 1.807) is 0 Å². The normalized spacial score (nSPS) is 29.8. The van der Waals surface area contributed by atoms with Gasteiger partial charge in [0.15, 0.2) is 0 Å². The number of allylic oxidation sites excluding steroid dienone is 2. The Balaban J connectivity index is 2.52. The standard InChI is InChI=1S/C11H19N/c1-3-11-7-5-4-6-10(2)8-9-12-11/h8-9,11H,3-7H2,1-2H3/b10-8+,12-9?. The van der Waals surface area contributed by atoms with Crippen LogP contribution in [0, 0.1) is 0 Å². The molecule has 1 unspecified atom stereocenters. The van der Waals surface area contributed by atoms with Crippen molar-refractivity contribution in [3.8, 4) is 0 Å². The third-order valence-electron chi connectivity index (χ3n) is 2.49. The Labute approximate surface area is 75.6 Å². The van der Waals surface area contributed by atoms with Crippen LogP contribution in [0.15, 0.2) is 16.6 Å². The van der Waals surface area contributed by atoms with Crippen LogP contribution in [0.5, 0.6) is 0 Å². The lowest BCUT2D eigenvalue weighted by molar-refractivity contribution is 0.556. The molecule has 0 saturated heterocycles. The number of hydrogen-bond donors (Lipinski definition) is 0. The van der Waals surface area contributed by atoms with E-state index in [0.29, 0.717) is 6.04 Å². The average Bonchev–Trinajstić information content (AvgIpc) is 2.17. The van der Waals surface area contributed by atoms with E-state index >= 15 is 0 Å². The second-order valence-electron chi connectivity index (χ2n) is 3.62. The monoisotopic (exact) mass is 165 g/mol. The summed E-state index contributed by atoms with van der Waals surface area (Å²) < 4.78 is 0. The van der Waals surface area contributed by atoms with Crippen LogP contribution in [0.3, 0.4) is 0 Å². The molecule has 0 aromatic heterocycles. The molecule has 1 aliphatic heterocycles. The summed E-state index contributed by atoms with van der Waals surface area (Å²) in [7, 11) is 0. The lowest BCUT2D eigenvalue weighted by atomic mass is 10.1. The van der Waals surface area contributed by atoms with Crippen molar-refractivity contribution in [2.75, 3.05) is 0 Å². The Morgan fingerprint density at radius 3 is 3.08 bits per heavy atom. The van der Waals surface area contributed by atoms with Crippen LogP contribution in [0.4, 0.5) is 0 Å². The van der Waals surface area contributed by atoms with Gasteiger partial charge >= 0.3 is 0 Å². The lowest BCUT2D eigenvalue weighted by Gasteiger charge is -2.07. The molecule has 0 aromatic carbocycles. The van der Waals surface area contributed by atoms with Crippen LogP contribution in [0.25, 0.3) is 0 Å². The van der Waals surface area contributed by atoms with Gasteiger partial charge in [-0.2, -0.15) is 0 Å². The summed E-state index contributed by atoms with van der Waals surface area (Å²) in [6.07, 6.45) is 10.5. The summed E-state index contributed by atoms with van der Waals surface area (Å²) in [5, 5.41) is 0. The molecule has 0 saturated carbocycles. The van der Waals surface area contributed by atoms with E-state index in [9.17, 15) is 0 Å². The zero-order valence-electron chi connectivity index (χ0n) is 8.21. The second-order valence-corrected chi connectivity index (χ2v) is 3.62. The average molecular weight is 165 g/mol. The fraction of sp³-hybridized carbons (Fsp3) is 0.727. The summed E-state index contributed by atoms with van der Waals surface area (Å²) in [6, 6.07) is 0.576. The van der Waals surface area contributed by atoms with Crippen LogP contribution < -0.4 is 0 Å². The lowest BCUT2D eigenvalue weighted by Crippen LogP contribution is -2.01. The third-order valence-corrected chi connectivity index (χ3v) is 2.49. The number of nitrogens with zero attached hydrogens (tertiary/aromatic N) is 1. The van der Waals surface area contributed by atoms with Crippen LogP contribution in [0.1, 0.15) is 46.0 Å². The maximum Gasteiger partial charge on any atom is 0.0497 e. The van der Waals surface area contributed by atoms with Gasteiger partial charge in [0.05, 0.1) is 0 Å². The van der Waals surface area contributed by atoms with E-state index in [2.05, 4.69) is 24.9 Å². The summed E-state index contributed by atoms with van der Waals surface area (Å²) >= 11 is 0. The molecule has 0 spiro atoms. The molecule has 12 heavy (non-hydrogen) atoms. The van der Waals surface area contributed by atoms with E-state index in [1.807, 2.05) is 6.21 Å². The van der Waals surface area contributed by atoms with Crippen molar-refractivity contribution >= 4 is 6.21 Å². The van der Waals surface area contributed by atoms with E-state index in [1.165, 1.54) is 37.7 Å². The van der Waals surface area contributed by atoms with E-state index in [4.69, 9.17) is 0 Å². The molecule has 1 atom stereocenters. The Hall–Kier alpha value is -0.590. The van der Waals surface area contributed by atoms with Crippen molar-refractivity contribution in [3.05, 3.63) is 11.6 Å². The molecular formula is C11H19N. The first-order valence-corrected chi connectivity index (χ1v) is 5.02. The van der Waals surface area contributed by atoms with Crippen molar-refractivity contribution in [1.29, 1.82) is 0 Å². The molecule has 0 radical (unpaired) electrons. The van der Waals surface area contributed by atoms with Gasteiger partial charge in [0.2, 0.25) is 0 Å². The first-order valence-electron chi connectivity index (χ1n) is 5.02. The van der Waals surface area contributed by atoms with E-state index < -0.39 is 0 Å². The predicted molar refractivity (Wildman–Crippen MR) is 54.8 cm³/mol. The largest absolute Gasteiger partial charge is 0.290 e. The zero-order chi connectivity index (χ0) is 8.81. The summed E-state index contributed by atoms with van der Waals surface area (Å²) in [5.41, 5.74) is 1.47. The molecular weight excluding hydrogens is 146 g/mol. The van der Waals surface area contributed by atoms with Gasteiger partial charge in [0, 0.05) is 12.3 Å². The van der Waals surface area contributed by atoms with Gasteiger partial charge in [0.25, 0.3) is 0 Å². The number of hydrogen-bond acceptors (Lipinski definition) is 1. The van der Waals surface area contributed by atoms with Crippen molar-refractivity contribution in [1.82, 2.24) is 0 Å². The smallest absolute Gasteiger partial charge is 0.0497 e. The van der Waals surface area contributed by atoms with Gasteiger partial charge in [-0.1, -0.05) is 18.9 Å². The van der Waals surface area contributed by atoms with Gasteiger partial charge in [0.1, 0.15) is 0 Å². The van der Waals surface area contributed by atoms with Crippen LogP contribution in [-0.2, 0) is 0 Å². The first kappa shape index (κ1) is 9.50. The number of aliphatic imine (C=N–C) groups is 1. The molecule has 0 amide bonds. The van der Waals surface area contributed by atoms with Crippen molar-refractivity contribution in [2.24, 2.45) is 4.99 Å². The molecule has 1 rings (SSSR count). The quantitative estimate of drug-likeness (QED) is 0.565. The predicted octanol–water partition coefficient (Wildman–Crippen LogP) is 3.36. The summed E-state index contributed by atoms with van der Waals surface area (Å²) in [4.78, 5) is 4.51. The van der Waals surface area contributed by atoms with Crippen molar-refractivity contribution in [3.63, 3.8) is 0 Å². The molecule has 1 heteroatoms. The summed E-state index contributed by atoms with van der Waals surface area (Å²) in [6.45, 7) is 4.41. The maximum atomic E-state index is 4.51. The molecule has 0 fully saturated rings. The van der Waals surface area contributed by atoms with Crippen LogP contribution >= 0.6 is 0 Å². The van der Waals surface area contributed by atoms with Crippen molar-refractivity contribution < 1.29 is 0 Å². The van der Waals surface area contributed by atoms with Gasteiger partial charge in [-0.15, -0.1) is 0 Å². The minimum Gasteiger partial charge on any atom is -0.290 e. The fourth-order valence-corrected chi connectivity index (χ4v) is 1.54. The minimum atomic E-state index is 0.576. The van der Waals surface area contributed by atoms with Crippen LogP contribution in [-0.4, -0.2) is 12.3 Å².